The Morgan fingerprint density at radius 1 is 1.25 bits per heavy atom. The first-order valence-corrected chi connectivity index (χ1v) is 6.79. The minimum Gasteiger partial charge on any atom is -0.396 e. The Hall–Kier alpha value is -2.01. The summed E-state index contributed by atoms with van der Waals surface area (Å²) >= 11 is 0. The highest BCUT2D eigenvalue weighted by Gasteiger charge is 2.20. The number of aromatic amines is 2. The van der Waals surface area contributed by atoms with Crippen molar-refractivity contribution in [3.05, 3.63) is 40.7 Å². The number of H-pyrrole nitrogens is 2. The average molecular weight is 275 g/mol. The van der Waals surface area contributed by atoms with Gasteiger partial charge in [0, 0.05) is 23.7 Å². The Labute approximate surface area is 118 Å². The summed E-state index contributed by atoms with van der Waals surface area (Å²) in [6, 6.07) is 9.36. The summed E-state index contributed by atoms with van der Waals surface area (Å²) in [5, 5.41) is 18.1. The molecule has 0 aliphatic heterocycles. The van der Waals surface area contributed by atoms with Crippen LogP contribution in [0, 0.1) is 5.41 Å². The molecule has 0 spiro atoms. The molecule has 0 amide bonds. The molecule has 2 rings (SSSR count). The predicted molar refractivity (Wildman–Crippen MR) is 80.8 cm³/mol. The number of aliphatic hydroxyl groups excluding tert-OH is 1. The molecule has 2 aromatic rings. The van der Waals surface area contributed by atoms with Crippen LogP contribution in [-0.2, 0) is 0 Å². The minimum absolute atomic E-state index is 0.107. The fraction of sp³-hybridized carbons (Fsp3) is 0.400. The van der Waals surface area contributed by atoms with Gasteiger partial charge in [-0.3, -0.25) is 15.0 Å². The van der Waals surface area contributed by atoms with E-state index in [1.54, 1.807) is 0 Å². The quantitative estimate of drug-likeness (QED) is 0.652. The first kappa shape index (κ1) is 14.4. The summed E-state index contributed by atoms with van der Waals surface area (Å²) in [5.41, 5.74) is 2.48. The molecule has 4 N–H and O–H groups in total. The van der Waals surface area contributed by atoms with Crippen LogP contribution in [0.25, 0.3) is 11.3 Å². The average Bonchev–Trinajstić information content (AvgIpc) is 2.92. The highest BCUT2D eigenvalue weighted by molar-refractivity contribution is 5.62. The van der Waals surface area contributed by atoms with E-state index >= 15 is 0 Å². The molecule has 0 fully saturated rings. The number of rotatable bonds is 6. The van der Waals surface area contributed by atoms with E-state index in [1.807, 2.05) is 24.3 Å². The van der Waals surface area contributed by atoms with Gasteiger partial charge in [0.05, 0.1) is 12.3 Å². The number of aliphatic hydroxyl groups is 1. The molecule has 20 heavy (non-hydrogen) atoms. The second-order valence-corrected chi connectivity index (χ2v) is 5.43. The Balaban J connectivity index is 2.04. The smallest absolute Gasteiger partial charge is 0.264 e. The van der Waals surface area contributed by atoms with E-state index in [-0.39, 0.29) is 17.6 Å². The van der Waals surface area contributed by atoms with E-state index < -0.39 is 0 Å². The zero-order chi connectivity index (χ0) is 14.6. The van der Waals surface area contributed by atoms with E-state index in [4.69, 9.17) is 0 Å². The van der Waals surface area contributed by atoms with Gasteiger partial charge in [-0.15, -0.1) is 0 Å². The number of anilines is 1. The molecular weight excluding hydrogens is 254 g/mol. The maximum Gasteiger partial charge on any atom is 0.264 e. The van der Waals surface area contributed by atoms with E-state index in [0.717, 1.165) is 29.9 Å². The van der Waals surface area contributed by atoms with Crippen LogP contribution >= 0.6 is 0 Å². The molecule has 5 nitrogen and oxygen atoms in total. The first-order valence-electron chi connectivity index (χ1n) is 6.79. The second-order valence-electron chi connectivity index (χ2n) is 5.43. The van der Waals surface area contributed by atoms with E-state index in [0.29, 0.717) is 0 Å². The normalized spacial score (nSPS) is 13.9. The molecule has 1 aromatic heterocycles. The van der Waals surface area contributed by atoms with Crippen LogP contribution in [0.15, 0.2) is 35.1 Å². The van der Waals surface area contributed by atoms with Crippen molar-refractivity contribution in [1.29, 1.82) is 0 Å². The van der Waals surface area contributed by atoms with Crippen LogP contribution in [0.2, 0.25) is 0 Å². The standard InChI is InChI=1S/C15H21N3O2/c1-3-15(2,10-19)9-16-12-6-4-11(5-7-12)13-8-14(20)18-17-13/h4-8,16,19H,3,9-10H2,1-2H3,(H2,17,18,20). The lowest BCUT2D eigenvalue weighted by Crippen LogP contribution is -2.29. The molecule has 108 valence electrons. The molecule has 0 saturated heterocycles. The van der Waals surface area contributed by atoms with Crippen LogP contribution in [0.1, 0.15) is 20.3 Å². The summed E-state index contributed by atoms with van der Waals surface area (Å²) in [7, 11) is 0. The minimum atomic E-state index is -0.135. The van der Waals surface area contributed by atoms with Crippen LogP contribution in [0.4, 0.5) is 5.69 Å². The topological polar surface area (TPSA) is 80.9 Å². The van der Waals surface area contributed by atoms with E-state index in [1.165, 1.54) is 6.07 Å². The van der Waals surface area contributed by atoms with Crippen LogP contribution in [0.3, 0.4) is 0 Å². The third-order valence-electron chi connectivity index (χ3n) is 3.75. The van der Waals surface area contributed by atoms with Crippen molar-refractivity contribution in [2.45, 2.75) is 20.3 Å². The van der Waals surface area contributed by atoms with Gasteiger partial charge in [-0.1, -0.05) is 26.0 Å². The molecule has 0 bridgehead atoms. The van der Waals surface area contributed by atoms with Gasteiger partial charge < -0.3 is 10.4 Å². The van der Waals surface area contributed by atoms with Gasteiger partial charge in [0.15, 0.2) is 0 Å². The zero-order valence-electron chi connectivity index (χ0n) is 11.9. The number of nitrogens with one attached hydrogen (secondary N) is 3. The van der Waals surface area contributed by atoms with Crippen molar-refractivity contribution in [2.24, 2.45) is 5.41 Å². The maximum absolute atomic E-state index is 11.1. The molecule has 0 radical (unpaired) electrons. The maximum atomic E-state index is 11.1. The molecule has 1 heterocycles. The zero-order valence-corrected chi connectivity index (χ0v) is 11.9. The van der Waals surface area contributed by atoms with Crippen molar-refractivity contribution >= 4 is 5.69 Å². The summed E-state index contributed by atoms with van der Waals surface area (Å²) in [6.07, 6.45) is 0.916. The van der Waals surface area contributed by atoms with Gasteiger partial charge in [-0.2, -0.15) is 0 Å². The first-order chi connectivity index (χ1) is 9.56. The number of aromatic nitrogens is 2. The molecular formula is C15H21N3O2. The fourth-order valence-corrected chi connectivity index (χ4v) is 1.86. The molecule has 0 saturated carbocycles. The lowest BCUT2D eigenvalue weighted by Gasteiger charge is -2.26. The Kier molecular flexibility index (Phi) is 4.29. The summed E-state index contributed by atoms with van der Waals surface area (Å²) in [5.74, 6) is 0. The Bertz CT molecular complexity index is 594. The van der Waals surface area contributed by atoms with Crippen LogP contribution < -0.4 is 10.9 Å². The van der Waals surface area contributed by atoms with Crippen LogP contribution in [0.5, 0.6) is 0 Å². The monoisotopic (exact) mass is 275 g/mol. The predicted octanol–water partition coefficient (Wildman–Crippen LogP) is 2.19. The van der Waals surface area contributed by atoms with E-state index in [2.05, 4.69) is 29.4 Å². The van der Waals surface area contributed by atoms with Crippen molar-refractivity contribution in [1.82, 2.24) is 10.2 Å². The SMILES string of the molecule is CCC(C)(CO)CNc1ccc(-c2cc(=O)[nH][nH]2)cc1. The molecule has 5 heteroatoms. The van der Waals surface area contributed by atoms with Gasteiger partial charge in [0.25, 0.3) is 5.56 Å². The number of benzene rings is 1. The van der Waals surface area contributed by atoms with Crippen LogP contribution in [-0.4, -0.2) is 28.5 Å². The summed E-state index contributed by atoms with van der Waals surface area (Å²) < 4.78 is 0. The summed E-state index contributed by atoms with van der Waals surface area (Å²) in [6.45, 7) is 5.02. The van der Waals surface area contributed by atoms with Crippen molar-refractivity contribution < 1.29 is 5.11 Å². The molecule has 0 aliphatic rings. The van der Waals surface area contributed by atoms with Gasteiger partial charge >= 0.3 is 0 Å². The number of hydrogen-bond acceptors (Lipinski definition) is 3. The van der Waals surface area contributed by atoms with Crippen molar-refractivity contribution in [3.63, 3.8) is 0 Å². The fourth-order valence-electron chi connectivity index (χ4n) is 1.86. The lowest BCUT2D eigenvalue weighted by molar-refractivity contribution is 0.149. The third-order valence-corrected chi connectivity index (χ3v) is 3.75. The van der Waals surface area contributed by atoms with Gasteiger partial charge in [0.1, 0.15) is 0 Å². The molecule has 1 unspecified atom stereocenters. The molecule has 1 aromatic carbocycles. The van der Waals surface area contributed by atoms with Gasteiger partial charge in [0.2, 0.25) is 0 Å². The summed E-state index contributed by atoms with van der Waals surface area (Å²) in [4.78, 5) is 11.1. The Morgan fingerprint density at radius 3 is 2.45 bits per heavy atom. The molecule has 0 aliphatic carbocycles. The molecule has 1 atom stereocenters. The highest BCUT2D eigenvalue weighted by Crippen LogP contribution is 2.22. The highest BCUT2D eigenvalue weighted by atomic mass is 16.3. The van der Waals surface area contributed by atoms with Gasteiger partial charge in [-0.25, -0.2) is 0 Å². The van der Waals surface area contributed by atoms with Gasteiger partial charge in [-0.05, 0) is 24.1 Å². The lowest BCUT2D eigenvalue weighted by atomic mass is 9.88. The number of hydrogen-bond donors (Lipinski definition) is 4. The van der Waals surface area contributed by atoms with E-state index in [9.17, 15) is 9.90 Å². The third kappa shape index (κ3) is 3.30. The van der Waals surface area contributed by atoms with Crippen molar-refractivity contribution in [2.75, 3.05) is 18.5 Å². The van der Waals surface area contributed by atoms with Crippen molar-refractivity contribution in [3.8, 4) is 11.3 Å². The second kappa shape index (κ2) is 5.96. The Morgan fingerprint density at radius 2 is 1.95 bits per heavy atom. The largest absolute Gasteiger partial charge is 0.396 e.